The highest BCUT2D eigenvalue weighted by Crippen LogP contribution is 2.19. The number of carbonyl (C=O) groups excluding carboxylic acids is 2. The molecule has 156 valence electrons. The molecule has 0 saturated carbocycles. The van der Waals surface area contributed by atoms with Crippen molar-refractivity contribution in [3.8, 4) is 11.5 Å². The second kappa shape index (κ2) is 10.3. The Kier molecular flexibility index (Phi) is 8.10. The predicted molar refractivity (Wildman–Crippen MR) is 103 cm³/mol. The van der Waals surface area contributed by atoms with Crippen molar-refractivity contribution in [2.24, 2.45) is 0 Å². The van der Waals surface area contributed by atoms with Crippen molar-refractivity contribution in [1.82, 2.24) is 4.90 Å². The van der Waals surface area contributed by atoms with Gasteiger partial charge in [0.25, 0.3) is 5.91 Å². The molecule has 8 nitrogen and oxygen atoms in total. The van der Waals surface area contributed by atoms with Crippen molar-refractivity contribution in [2.45, 2.75) is 32.7 Å². The maximum atomic E-state index is 12.3. The smallest absolute Gasteiger partial charge is 0.309 e. The molecule has 0 radical (unpaired) electrons. The van der Waals surface area contributed by atoms with Gasteiger partial charge in [0, 0.05) is 12.6 Å². The largest absolute Gasteiger partial charge is 0.494 e. The van der Waals surface area contributed by atoms with E-state index in [0.29, 0.717) is 25.3 Å². The molecule has 0 spiro atoms. The highest BCUT2D eigenvalue weighted by atomic mass is 32.2. The number of hydrogen-bond acceptors (Lipinski definition) is 7. The fourth-order valence-electron chi connectivity index (χ4n) is 3.01. The fourth-order valence-corrected chi connectivity index (χ4v) is 4.74. The minimum atomic E-state index is -3.09. The lowest BCUT2D eigenvalue weighted by Crippen LogP contribution is -2.43. The van der Waals surface area contributed by atoms with Crippen LogP contribution in [0.4, 0.5) is 0 Å². The molecule has 1 aliphatic heterocycles. The van der Waals surface area contributed by atoms with Gasteiger partial charge in [-0.2, -0.15) is 0 Å². The third-order valence-corrected chi connectivity index (χ3v) is 6.13. The Morgan fingerprint density at radius 3 is 2.29 bits per heavy atom. The molecule has 2 rings (SSSR count). The monoisotopic (exact) mass is 413 g/mol. The zero-order chi connectivity index (χ0) is 20.6. The molecule has 28 heavy (non-hydrogen) atoms. The Morgan fingerprint density at radius 2 is 1.75 bits per heavy atom. The molecule has 1 aromatic rings. The third kappa shape index (κ3) is 6.70. The second-order valence-corrected chi connectivity index (χ2v) is 8.63. The number of hydrogen-bond donors (Lipinski definition) is 0. The van der Waals surface area contributed by atoms with E-state index in [1.807, 2.05) is 6.92 Å². The first-order valence-electron chi connectivity index (χ1n) is 9.35. The number of ether oxygens (including phenoxy) is 3. The van der Waals surface area contributed by atoms with E-state index in [1.165, 1.54) is 4.90 Å². The minimum Gasteiger partial charge on any atom is -0.494 e. The van der Waals surface area contributed by atoms with Gasteiger partial charge in [0.15, 0.2) is 16.4 Å². The molecule has 0 bridgehead atoms. The van der Waals surface area contributed by atoms with Crippen LogP contribution in [0.1, 0.15) is 26.7 Å². The van der Waals surface area contributed by atoms with Gasteiger partial charge in [-0.05, 0) is 44.5 Å². The molecule has 0 aliphatic carbocycles. The molecule has 9 heteroatoms. The molecule has 1 aliphatic rings. The predicted octanol–water partition coefficient (Wildman–Crippen LogP) is 1.43. The Hall–Kier alpha value is -2.29. The summed E-state index contributed by atoms with van der Waals surface area (Å²) < 4.78 is 39.0. The van der Waals surface area contributed by atoms with E-state index in [9.17, 15) is 18.0 Å². The van der Waals surface area contributed by atoms with Crippen molar-refractivity contribution < 1.29 is 32.2 Å². The summed E-state index contributed by atoms with van der Waals surface area (Å²) in [6.07, 6.45) is 0.427. The summed E-state index contributed by atoms with van der Waals surface area (Å²) >= 11 is 0. The number of carbonyl (C=O) groups is 2. The summed E-state index contributed by atoms with van der Waals surface area (Å²) in [4.78, 5) is 25.6. The molecular weight excluding hydrogens is 386 g/mol. The maximum Gasteiger partial charge on any atom is 0.309 e. The number of nitrogens with zero attached hydrogens (tertiary/aromatic N) is 1. The number of benzene rings is 1. The summed E-state index contributed by atoms with van der Waals surface area (Å²) in [5, 5.41) is 0. The molecule has 1 saturated heterocycles. The number of rotatable bonds is 10. The molecule has 1 aromatic carbocycles. The highest BCUT2D eigenvalue weighted by Gasteiger charge is 2.34. The van der Waals surface area contributed by atoms with E-state index in [2.05, 4.69) is 0 Å². The lowest BCUT2D eigenvalue weighted by atomic mass is 10.2. The van der Waals surface area contributed by atoms with Crippen molar-refractivity contribution in [3.05, 3.63) is 24.3 Å². The van der Waals surface area contributed by atoms with Crippen LogP contribution in [-0.2, 0) is 24.2 Å². The van der Waals surface area contributed by atoms with Crippen LogP contribution in [0.15, 0.2) is 24.3 Å². The number of amides is 1. The van der Waals surface area contributed by atoms with Crippen LogP contribution in [0.25, 0.3) is 0 Å². The standard InChI is InChI=1S/C19H27NO7S/c1-3-20(15-10-12-28(23,24)14-15)18(21)13-27-19(22)9-11-26-17-7-5-16(6-8-17)25-4-2/h5-8,15H,3-4,9-14H2,1-2H3. The zero-order valence-electron chi connectivity index (χ0n) is 16.3. The maximum absolute atomic E-state index is 12.3. The Balaban J connectivity index is 1.70. The Bertz CT molecular complexity index is 761. The second-order valence-electron chi connectivity index (χ2n) is 6.40. The van der Waals surface area contributed by atoms with Crippen LogP contribution in [0.3, 0.4) is 0 Å². The van der Waals surface area contributed by atoms with Crippen molar-refractivity contribution in [1.29, 1.82) is 0 Å². The van der Waals surface area contributed by atoms with Gasteiger partial charge in [-0.1, -0.05) is 0 Å². The lowest BCUT2D eigenvalue weighted by molar-refractivity contribution is -0.153. The van der Waals surface area contributed by atoms with E-state index < -0.39 is 22.4 Å². The molecule has 1 amide bonds. The van der Waals surface area contributed by atoms with Gasteiger partial charge >= 0.3 is 5.97 Å². The van der Waals surface area contributed by atoms with Crippen LogP contribution in [0.2, 0.25) is 0 Å². The van der Waals surface area contributed by atoms with E-state index in [0.717, 1.165) is 5.75 Å². The molecule has 1 atom stereocenters. The normalized spacial score (nSPS) is 17.7. The van der Waals surface area contributed by atoms with Gasteiger partial charge in [0.05, 0.1) is 31.1 Å². The van der Waals surface area contributed by atoms with Crippen molar-refractivity contribution >= 4 is 21.7 Å². The van der Waals surface area contributed by atoms with Crippen molar-refractivity contribution in [3.63, 3.8) is 0 Å². The molecule has 0 N–H and O–H groups in total. The quantitative estimate of drug-likeness (QED) is 0.535. The van der Waals surface area contributed by atoms with E-state index >= 15 is 0 Å². The molecule has 1 unspecified atom stereocenters. The van der Waals surface area contributed by atoms with E-state index in [4.69, 9.17) is 14.2 Å². The fraction of sp³-hybridized carbons (Fsp3) is 0.579. The topological polar surface area (TPSA) is 99.2 Å². The highest BCUT2D eigenvalue weighted by molar-refractivity contribution is 7.91. The Morgan fingerprint density at radius 1 is 1.11 bits per heavy atom. The number of sulfone groups is 1. The third-order valence-electron chi connectivity index (χ3n) is 4.38. The van der Waals surface area contributed by atoms with E-state index in [-0.39, 0.29) is 36.5 Å². The van der Waals surface area contributed by atoms with Gasteiger partial charge < -0.3 is 19.1 Å². The summed E-state index contributed by atoms with van der Waals surface area (Å²) in [5.74, 6) is 0.468. The van der Waals surface area contributed by atoms with Gasteiger partial charge in [-0.15, -0.1) is 0 Å². The summed E-state index contributed by atoms with van der Waals surface area (Å²) in [7, 11) is -3.09. The first-order chi connectivity index (χ1) is 13.3. The van der Waals surface area contributed by atoms with Crippen molar-refractivity contribution in [2.75, 3.05) is 37.9 Å². The SMILES string of the molecule is CCOc1ccc(OCCC(=O)OCC(=O)N(CC)C2CCS(=O)(=O)C2)cc1. The van der Waals surface area contributed by atoms with E-state index in [1.54, 1.807) is 31.2 Å². The number of esters is 1. The van der Waals surface area contributed by atoms with Gasteiger partial charge in [0.1, 0.15) is 11.5 Å². The average Bonchev–Trinajstić information content (AvgIpc) is 3.02. The van der Waals surface area contributed by atoms with Crippen LogP contribution in [-0.4, -0.2) is 69.1 Å². The number of likely N-dealkylation sites (N-methyl/N-ethyl adjacent to an activating group) is 1. The first-order valence-corrected chi connectivity index (χ1v) is 11.2. The molecular formula is C19H27NO7S. The minimum absolute atomic E-state index is 0.00439. The van der Waals surface area contributed by atoms with Gasteiger partial charge in [0.2, 0.25) is 0 Å². The molecule has 1 fully saturated rings. The van der Waals surface area contributed by atoms with Gasteiger partial charge in [-0.25, -0.2) is 8.42 Å². The van der Waals surface area contributed by atoms with Gasteiger partial charge in [-0.3, -0.25) is 9.59 Å². The molecule has 0 aromatic heterocycles. The summed E-state index contributed by atoms with van der Waals surface area (Å²) in [6, 6.07) is 6.70. The van der Waals surface area contributed by atoms with Crippen LogP contribution < -0.4 is 9.47 Å². The van der Waals surface area contributed by atoms with Crippen LogP contribution in [0, 0.1) is 0 Å². The van der Waals surface area contributed by atoms with Crippen LogP contribution in [0.5, 0.6) is 11.5 Å². The van der Waals surface area contributed by atoms with Crippen LogP contribution >= 0.6 is 0 Å². The Labute approximate surface area is 165 Å². The summed E-state index contributed by atoms with van der Waals surface area (Å²) in [5.41, 5.74) is 0. The first kappa shape index (κ1) is 22.0. The summed E-state index contributed by atoms with van der Waals surface area (Å²) in [6.45, 7) is 4.35. The zero-order valence-corrected chi connectivity index (χ0v) is 17.1. The lowest BCUT2D eigenvalue weighted by Gasteiger charge is -2.26. The average molecular weight is 413 g/mol. The molecule has 1 heterocycles.